The zero-order valence-corrected chi connectivity index (χ0v) is 11.8. The van der Waals surface area contributed by atoms with Crippen LogP contribution in [-0.2, 0) is 0 Å². The SMILES string of the molecule is Cc1nccc(OCCCN2CCCCC2)n1.Cl. The highest BCUT2D eigenvalue weighted by Crippen LogP contribution is 2.09. The molecule has 0 bridgehead atoms. The predicted octanol–water partition coefficient (Wildman–Crippen LogP) is 2.46. The molecule has 0 aromatic carbocycles. The first-order chi connectivity index (χ1) is 8.34. The van der Waals surface area contributed by atoms with Gasteiger partial charge in [0.2, 0.25) is 5.88 Å². The van der Waals surface area contributed by atoms with E-state index in [1.165, 1.54) is 32.4 Å². The Labute approximate surface area is 115 Å². The van der Waals surface area contributed by atoms with Crippen LogP contribution >= 0.6 is 12.4 Å². The van der Waals surface area contributed by atoms with E-state index in [2.05, 4.69) is 14.9 Å². The monoisotopic (exact) mass is 271 g/mol. The van der Waals surface area contributed by atoms with Gasteiger partial charge in [-0.1, -0.05) is 6.42 Å². The van der Waals surface area contributed by atoms with Crippen molar-refractivity contribution in [3.05, 3.63) is 18.1 Å². The maximum atomic E-state index is 5.60. The van der Waals surface area contributed by atoms with Gasteiger partial charge in [-0.3, -0.25) is 0 Å². The molecule has 0 radical (unpaired) electrons. The quantitative estimate of drug-likeness (QED) is 0.771. The van der Waals surface area contributed by atoms with E-state index in [-0.39, 0.29) is 12.4 Å². The zero-order chi connectivity index (χ0) is 11.9. The van der Waals surface area contributed by atoms with Crippen molar-refractivity contribution >= 4 is 12.4 Å². The minimum Gasteiger partial charge on any atom is -0.478 e. The molecule has 1 aromatic heterocycles. The lowest BCUT2D eigenvalue weighted by atomic mass is 10.1. The van der Waals surface area contributed by atoms with Gasteiger partial charge < -0.3 is 9.64 Å². The Morgan fingerprint density at radius 2 is 2.06 bits per heavy atom. The molecule has 0 amide bonds. The van der Waals surface area contributed by atoms with Gasteiger partial charge in [-0.25, -0.2) is 4.98 Å². The molecule has 0 atom stereocenters. The third-order valence-electron chi connectivity index (χ3n) is 3.07. The van der Waals surface area contributed by atoms with E-state index in [1.807, 2.05) is 13.0 Å². The van der Waals surface area contributed by atoms with E-state index in [4.69, 9.17) is 4.74 Å². The predicted molar refractivity (Wildman–Crippen MR) is 74.4 cm³/mol. The second-order valence-corrected chi connectivity index (χ2v) is 4.55. The molecule has 4 nitrogen and oxygen atoms in total. The molecule has 0 spiro atoms. The first-order valence-electron chi connectivity index (χ1n) is 6.49. The van der Waals surface area contributed by atoms with Crippen molar-refractivity contribution in [1.82, 2.24) is 14.9 Å². The molecule has 5 heteroatoms. The van der Waals surface area contributed by atoms with Crippen molar-refractivity contribution in [1.29, 1.82) is 0 Å². The number of likely N-dealkylation sites (tertiary alicyclic amines) is 1. The largest absolute Gasteiger partial charge is 0.478 e. The summed E-state index contributed by atoms with van der Waals surface area (Å²) in [6, 6.07) is 1.81. The fourth-order valence-electron chi connectivity index (χ4n) is 2.16. The van der Waals surface area contributed by atoms with Gasteiger partial charge in [0.25, 0.3) is 0 Å². The van der Waals surface area contributed by atoms with Gasteiger partial charge >= 0.3 is 0 Å². The minimum absolute atomic E-state index is 0. The Bertz CT molecular complexity index is 343. The number of piperidine rings is 1. The van der Waals surface area contributed by atoms with Crippen LogP contribution in [0, 0.1) is 6.92 Å². The summed E-state index contributed by atoms with van der Waals surface area (Å²) < 4.78 is 5.60. The normalized spacial score (nSPS) is 16.1. The van der Waals surface area contributed by atoms with Gasteiger partial charge in [0.05, 0.1) is 6.61 Å². The maximum Gasteiger partial charge on any atom is 0.216 e. The third-order valence-corrected chi connectivity index (χ3v) is 3.07. The van der Waals surface area contributed by atoms with Crippen molar-refractivity contribution in [2.75, 3.05) is 26.2 Å². The first kappa shape index (κ1) is 15.2. The summed E-state index contributed by atoms with van der Waals surface area (Å²) in [5.41, 5.74) is 0. The minimum atomic E-state index is 0. The van der Waals surface area contributed by atoms with Crippen molar-refractivity contribution in [3.8, 4) is 5.88 Å². The molecule has 0 aliphatic carbocycles. The van der Waals surface area contributed by atoms with Crippen LogP contribution in [0.3, 0.4) is 0 Å². The number of nitrogens with zero attached hydrogens (tertiary/aromatic N) is 3. The van der Waals surface area contributed by atoms with E-state index in [1.54, 1.807) is 6.20 Å². The lowest BCUT2D eigenvalue weighted by molar-refractivity contribution is 0.203. The van der Waals surface area contributed by atoms with Gasteiger partial charge in [0, 0.05) is 18.8 Å². The Morgan fingerprint density at radius 3 is 2.78 bits per heavy atom. The summed E-state index contributed by atoms with van der Waals surface area (Å²) in [5, 5.41) is 0. The summed E-state index contributed by atoms with van der Waals surface area (Å²) >= 11 is 0. The third kappa shape index (κ3) is 5.19. The number of ether oxygens (including phenoxy) is 1. The smallest absolute Gasteiger partial charge is 0.216 e. The van der Waals surface area contributed by atoms with Crippen LogP contribution in [-0.4, -0.2) is 41.1 Å². The number of halogens is 1. The van der Waals surface area contributed by atoms with Crippen molar-refractivity contribution in [2.45, 2.75) is 32.6 Å². The summed E-state index contributed by atoms with van der Waals surface area (Å²) in [5.74, 6) is 1.45. The molecule has 0 N–H and O–H groups in total. The Hall–Kier alpha value is -0.870. The Kier molecular flexibility index (Phi) is 6.98. The van der Waals surface area contributed by atoms with Crippen molar-refractivity contribution < 1.29 is 4.74 Å². The standard InChI is InChI=1S/C13H21N3O.ClH/c1-12-14-7-6-13(15-12)17-11-5-10-16-8-3-2-4-9-16;/h6-7H,2-5,8-11H2,1H3;1H. The van der Waals surface area contributed by atoms with Crippen LogP contribution in [0.5, 0.6) is 5.88 Å². The summed E-state index contributed by atoms with van der Waals surface area (Å²) in [6.45, 7) is 6.27. The van der Waals surface area contributed by atoms with Gasteiger partial charge in [0.15, 0.2) is 0 Å². The highest BCUT2D eigenvalue weighted by atomic mass is 35.5. The highest BCUT2D eigenvalue weighted by Gasteiger charge is 2.09. The fourth-order valence-corrected chi connectivity index (χ4v) is 2.16. The maximum absolute atomic E-state index is 5.60. The molecule has 18 heavy (non-hydrogen) atoms. The van der Waals surface area contributed by atoms with Gasteiger partial charge in [-0.2, -0.15) is 4.98 Å². The number of rotatable bonds is 5. The zero-order valence-electron chi connectivity index (χ0n) is 11.0. The molecular weight excluding hydrogens is 250 g/mol. The molecule has 1 aliphatic rings. The number of aromatic nitrogens is 2. The average Bonchev–Trinajstić information content (AvgIpc) is 2.36. The van der Waals surface area contributed by atoms with Crippen molar-refractivity contribution in [3.63, 3.8) is 0 Å². The summed E-state index contributed by atoms with van der Waals surface area (Å²) in [7, 11) is 0. The molecular formula is C13H22ClN3O. The highest BCUT2D eigenvalue weighted by molar-refractivity contribution is 5.85. The fraction of sp³-hybridized carbons (Fsp3) is 0.692. The second-order valence-electron chi connectivity index (χ2n) is 4.55. The molecule has 1 saturated heterocycles. The topological polar surface area (TPSA) is 38.2 Å². The van der Waals surface area contributed by atoms with Crippen LogP contribution in [0.4, 0.5) is 0 Å². The first-order valence-corrected chi connectivity index (χ1v) is 6.49. The van der Waals surface area contributed by atoms with Gasteiger partial charge in [0.1, 0.15) is 5.82 Å². The van der Waals surface area contributed by atoms with Crippen LogP contribution in [0.15, 0.2) is 12.3 Å². The number of aryl methyl sites for hydroxylation is 1. The van der Waals surface area contributed by atoms with Crippen LogP contribution < -0.4 is 4.74 Å². The van der Waals surface area contributed by atoms with E-state index in [9.17, 15) is 0 Å². The molecule has 2 heterocycles. The molecule has 102 valence electrons. The Balaban J connectivity index is 0.00000162. The van der Waals surface area contributed by atoms with E-state index in [0.29, 0.717) is 5.88 Å². The summed E-state index contributed by atoms with van der Waals surface area (Å²) in [4.78, 5) is 10.8. The number of hydrogen-bond acceptors (Lipinski definition) is 4. The molecule has 0 unspecified atom stereocenters. The van der Waals surface area contributed by atoms with E-state index < -0.39 is 0 Å². The molecule has 1 fully saturated rings. The van der Waals surface area contributed by atoms with Gasteiger partial charge in [-0.15, -0.1) is 12.4 Å². The van der Waals surface area contributed by atoms with Gasteiger partial charge in [-0.05, 0) is 39.3 Å². The lowest BCUT2D eigenvalue weighted by Gasteiger charge is -2.26. The second kappa shape index (κ2) is 8.27. The molecule has 2 rings (SSSR count). The Morgan fingerprint density at radius 1 is 1.28 bits per heavy atom. The molecule has 1 aromatic rings. The molecule has 0 saturated carbocycles. The van der Waals surface area contributed by atoms with E-state index in [0.717, 1.165) is 25.4 Å². The van der Waals surface area contributed by atoms with Crippen LogP contribution in [0.2, 0.25) is 0 Å². The average molecular weight is 272 g/mol. The number of hydrogen-bond donors (Lipinski definition) is 0. The van der Waals surface area contributed by atoms with Crippen molar-refractivity contribution in [2.24, 2.45) is 0 Å². The molecule has 1 aliphatic heterocycles. The summed E-state index contributed by atoms with van der Waals surface area (Å²) in [6.07, 6.45) is 6.91. The van der Waals surface area contributed by atoms with Crippen LogP contribution in [0.25, 0.3) is 0 Å². The van der Waals surface area contributed by atoms with E-state index >= 15 is 0 Å². The van der Waals surface area contributed by atoms with Crippen LogP contribution in [0.1, 0.15) is 31.5 Å². The lowest BCUT2D eigenvalue weighted by Crippen LogP contribution is -2.31.